The SMILES string of the molecule is COc1ccc(N/C=C2/C=NNC2=O)cc1. The Bertz CT molecular complexity index is 449. The van der Waals surface area contributed by atoms with Crippen molar-refractivity contribution in [2.75, 3.05) is 12.4 Å². The molecule has 1 heterocycles. The van der Waals surface area contributed by atoms with Crippen LogP contribution in [0.4, 0.5) is 5.69 Å². The van der Waals surface area contributed by atoms with Crippen LogP contribution in [-0.2, 0) is 4.79 Å². The Morgan fingerprint density at radius 1 is 1.38 bits per heavy atom. The number of carbonyl (C=O) groups is 1. The number of hydrogen-bond donors (Lipinski definition) is 2. The average Bonchev–Trinajstić information content (AvgIpc) is 2.73. The molecule has 0 saturated heterocycles. The Balaban J connectivity index is 2.04. The van der Waals surface area contributed by atoms with Gasteiger partial charge in [-0.25, -0.2) is 5.43 Å². The molecule has 1 aliphatic rings. The summed E-state index contributed by atoms with van der Waals surface area (Å²) in [6.07, 6.45) is 3.08. The monoisotopic (exact) mass is 217 g/mol. The van der Waals surface area contributed by atoms with Crippen LogP contribution < -0.4 is 15.5 Å². The molecule has 0 aromatic heterocycles. The third-order valence-corrected chi connectivity index (χ3v) is 2.12. The van der Waals surface area contributed by atoms with Crippen LogP contribution in [0, 0.1) is 0 Å². The van der Waals surface area contributed by atoms with Crippen molar-refractivity contribution in [3.05, 3.63) is 36.0 Å². The van der Waals surface area contributed by atoms with Crippen LogP contribution in [0.5, 0.6) is 5.75 Å². The third-order valence-electron chi connectivity index (χ3n) is 2.12. The maximum absolute atomic E-state index is 11.1. The summed E-state index contributed by atoms with van der Waals surface area (Å²) in [7, 11) is 1.61. The van der Waals surface area contributed by atoms with Gasteiger partial charge in [0.05, 0.1) is 18.9 Å². The highest BCUT2D eigenvalue weighted by Gasteiger charge is 2.10. The molecular weight excluding hydrogens is 206 g/mol. The van der Waals surface area contributed by atoms with Gasteiger partial charge in [0, 0.05) is 11.9 Å². The van der Waals surface area contributed by atoms with Crippen molar-refractivity contribution in [1.29, 1.82) is 0 Å². The van der Waals surface area contributed by atoms with Crippen molar-refractivity contribution in [1.82, 2.24) is 5.43 Å². The van der Waals surface area contributed by atoms with Gasteiger partial charge in [-0.1, -0.05) is 0 Å². The van der Waals surface area contributed by atoms with Gasteiger partial charge in [0.25, 0.3) is 5.91 Å². The van der Waals surface area contributed by atoms with E-state index in [0.29, 0.717) is 5.57 Å². The number of carbonyl (C=O) groups excluding carboxylic acids is 1. The number of nitrogens with zero attached hydrogens (tertiary/aromatic N) is 1. The molecule has 0 atom stereocenters. The van der Waals surface area contributed by atoms with Gasteiger partial charge >= 0.3 is 0 Å². The second-order valence-electron chi connectivity index (χ2n) is 3.17. The summed E-state index contributed by atoms with van der Waals surface area (Å²) in [4.78, 5) is 11.1. The molecule has 1 aromatic rings. The third kappa shape index (κ3) is 2.20. The van der Waals surface area contributed by atoms with Crippen molar-refractivity contribution < 1.29 is 9.53 Å². The molecule has 2 N–H and O–H groups in total. The molecule has 82 valence electrons. The standard InChI is InChI=1S/C11H11N3O2/c1-16-10-4-2-9(3-5-10)12-6-8-7-13-14-11(8)15/h2-7,12H,1H3,(H,14,15)/b8-6-. The molecule has 0 fully saturated rings. The minimum Gasteiger partial charge on any atom is -0.497 e. The molecule has 0 bridgehead atoms. The number of anilines is 1. The molecule has 16 heavy (non-hydrogen) atoms. The van der Waals surface area contributed by atoms with Crippen LogP contribution in [0.15, 0.2) is 41.1 Å². The zero-order valence-corrected chi connectivity index (χ0v) is 8.73. The van der Waals surface area contributed by atoms with E-state index in [2.05, 4.69) is 15.8 Å². The maximum Gasteiger partial charge on any atom is 0.274 e. The first-order valence-electron chi connectivity index (χ1n) is 4.74. The van der Waals surface area contributed by atoms with Gasteiger partial charge in [-0.15, -0.1) is 0 Å². The van der Waals surface area contributed by atoms with E-state index >= 15 is 0 Å². The smallest absolute Gasteiger partial charge is 0.274 e. The van der Waals surface area contributed by atoms with Gasteiger partial charge in [0.2, 0.25) is 0 Å². The fraction of sp³-hybridized carbons (Fsp3) is 0.0909. The van der Waals surface area contributed by atoms with E-state index in [9.17, 15) is 4.79 Å². The summed E-state index contributed by atoms with van der Waals surface area (Å²) < 4.78 is 5.04. The fourth-order valence-corrected chi connectivity index (χ4v) is 1.23. The predicted octanol–water partition coefficient (Wildman–Crippen LogP) is 1.11. The lowest BCUT2D eigenvalue weighted by molar-refractivity contribution is -0.116. The minimum atomic E-state index is -0.207. The number of ether oxygens (including phenoxy) is 1. The second-order valence-corrected chi connectivity index (χ2v) is 3.17. The van der Waals surface area contributed by atoms with E-state index in [-0.39, 0.29) is 5.91 Å². The van der Waals surface area contributed by atoms with Crippen LogP contribution in [0.2, 0.25) is 0 Å². The molecule has 0 saturated carbocycles. The van der Waals surface area contributed by atoms with E-state index in [1.54, 1.807) is 13.3 Å². The molecule has 0 spiro atoms. The molecule has 1 amide bonds. The van der Waals surface area contributed by atoms with Crippen LogP contribution in [0.3, 0.4) is 0 Å². The molecule has 0 radical (unpaired) electrons. The summed E-state index contributed by atoms with van der Waals surface area (Å²) in [6, 6.07) is 7.40. The van der Waals surface area contributed by atoms with Crippen LogP contribution >= 0.6 is 0 Å². The Hall–Kier alpha value is -2.30. The Morgan fingerprint density at radius 3 is 2.69 bits per heavy atom. The molecule has 1 aliphatic heterocycles. The van der Waals surface area contributed by atoms with E-state index in [1.165, 1.54) is 6.21 Å². The van der Waals surface area contributed by atoms with E-state index in [0.717, 1.165) is 11.4 Å². The molecule has 5 nitrogen and oxygen atoms in total. The number of methoxy groups -OCH3 is 1. The number of nitrogens with one attached hydrogen (secondary N) is 2. The van der Waals surface area contributed by atoms with Crippen LogP contribution in [0.25, 0.3) is 0 Å². The highest BCUT2D eigenvalue weighted by Crippen LogP contribution is 2.15. The molecule has 0 unspecified atom stereocenters. The normalized spacial score (nSPS) is 16.3. The first-order valence-corrected chi connectivity index (χ1v) is 4.74. The van der Waals surface area contributed by atoms with E-state index in [1.807, 2.05) is 24.3 Å². The lowest BCUT2D eigenvalue weighted by Gasteiger charge is -2.03. The molecular formula is C11H11N3O2. The molecule has 5 heteroatoms. The zero-order valence-electron chi connectivity index (χ0n) is 8.73. The number of hydrogen-bond acceptors (Lipinski definition) is 4. The highest BCUT2D eigenvalue weighted by molar-refractivity contribution is 6.15. The predicted molar refractivity (Wildman–Crippen MR) is 61.3 cm³/mol. The summed E-state index contributed by atoms with van der Waals surface area (Å²) in [6.45, 7) is 0. The van der Waals surface area contributed by atoms with Gasteiger partial charge in [-0.2, -0.15) is 5.10 Å². The fourth-order valence-electron chi connectivity index (χ4n) is 1.23. The topological polar surface area (TPSA) is 62.7 Å². The molecule has 0 aliphatic carbocycles. The molecule has 2 rings (SSSR count). The second kappa shape index (κ2) is 4.48. The van der Waals surface area contributed by atoms with Crippen molar-refractivity contribution in [2.24, 2.45) is 5.10 Å². The van der Waals surface area contributed by atoms with Gasteiger partial charge in [-0.3, -0.25) is 4.79 Å². The van der Waals surface area contributed by atoms with E-state index in [4.69, 9.17) is 4.74 Å². The van der Waals surface area contributed by atoms with Gasteiger partial charge < -0.3 is 10.1 Å². The van der Waals surface area contributed by atoms with E-state index < -0.39 is 0 Å². The van der Waals surface area contributed by atoms with Crippen LogP contribution in [-0.4, -0.2) is 19.2 Å². The van der Waals surface area contributed by atoms with Gasteiger partial charge in [0.1, 0.15) is 5.75 Å². The number of rotatable bonds is 3. The molecule has 1 aromatic carbocycles. The Morgan fingerprint density at radius 2 is 2.12 bits per heavy atom. The summed E-state index contributed by atoms with van der Waals surface area (Å²) in [5.41, 5.74) is 3.70. The number of benzene rings is 1. The Labute approximate surface area is 92.8 Å². The summed E-state index contributed by atoms with van der Waals surface area (Å²) >= 11 is 0. The zero-order chi connectivity index (χ0) is 11.4. The number of hydrazone groups is 1. The number of amides is 1. The minimum absolute atomic E-state index is 0.207. The first-order chi connectivity index (χ1) is 7.79. The van der Waals surface area contributed by atoms with Crippen LogP contribution in [0.1, 0.15) is 0 Å². The largest absolute Gasteiger partial charge is 0.497 e. The summed E-state index contributed by atoms with van der Waals surface area (Å²) in [5, 5.41) is 6.63. The van der Waals surface area contributed by atoms with Gasteiger partial charge in [-0.05, 0) is 24.3 Å². The first kappa shape index (κ1) is 10.2. The van der Waals surface area contributed by atoms with Gasteiger partial charge in [0.15, 0.2) is 0 Å². The Kier molecular flexibility index (Phi) is 2.86. The lowest BCUT2D eigenvalue weighted by Crippen LogP contribution is -2.12. The summed E-state index contributed by atoms with van der Waals surface area (Å²) in [5.74, 6) is 0.583. The highest BCUT2D eigenvalue weighted by atomic mass is 16.5. The van der Waals surface area contributed by atoms with Crippen molar-refractivity contribution in [2.45, 2.75) is 0 Å². The quantitative estimate of drug-likeness (QED) is 0.745. The lowest BCUT2D eigenvalue weighted by atomic mass is 10.3. The van der Waals surface area contributed by atoms with Crippen molar-refractivity contribution in [3.63, 3.8) is 0 Å². The van der Waals surface area contributed by atoms with Crippen molar-refractivity contribution >= 4 is 17.8 Å². The maximum atomic E-state index is 11.1. The average molecular weight is 217 g/mol. The van der Waals surface area contributed by atoms with Crippen molar-refractivity contribution in [3.8, 4) is 5.75 Å².